The van der Waals surface area contributed by atoms with Crippen LogP contribution in [0.4, 0.5) is 0 Å². The third-order valence-electron chi connectivity index (χ3n) is 9.91. The number of esters is 1. The summed E-state index contributed by atoms with van der Waals surface area (Å²) in [5.74, 6) is -3.63. The lowest BCUT2D eigenvalue weighted by molar-refractivity contribution is -0.164. The van der Waals surface area contributed by atoms with Gasteiger partial charge >= 0.3 is 5.97 Å². The molecule has 0 aromatic heterocycles. The minimum Gasteiger partial charge on any atom is -0.455 e. The van der Waals surface area contributed by atoms with Gasteiger partial charge in [0.2, 0.25) is 17.7 Å². The van der Waals surface area contributed by atoms with Crippen LogP contribution in [0.1, 0.15) is 43.9 Å². The smallest absolute Gasteiger partial charge is 0.313 e. The van der Waals surface area contributed by atoms with Gasteiger partial charge in [-0.3, -0.25) is 19.2 Å². The molecule has 8 atom stereocenters. The molecule has 2 aromatic carbocycles. The predicted molar refractivity (Wildman–Crippen MR) is 169 cm³/mol. The van der Waals surface area contributed by atoms with Gasteiger partial charge in [-0.25, -0.2) is 0 Å². The fourth-order valence-corrected chi connectivity index (χ4v) is 7.38. The molecule has 0 unspecified atom stereocenters. The normalized spacial score (nSPS) is 32.9. The maximum atomic E-state index is 14.5. The van der Waals surface area contributed by atoms with Crippen LogP contribution in [0, 0.1) is 11.8 Å². The summed E-state index contributed by atoms with van der Waals surface area (Å²) in [5.41, 5.74) is 0.180. The largest absolute Gasteiger partial charge is 0.455 e. The summed E-state index contributed by atoms with van der Waals surface area (Å²) >= 11 is 0. The summed E-state index contributed by atoms with van der Waals surface area (Å²) in [7, 11) is 1.70. The Kier molecular flexibility index (Phi) is 8.85. The van der Waals surface area contributed by atoms with Gasteiger partial charge in [0, 0.05) is 26.6 Å². The van der Waals surface area contributed by atoms with Gasteiger partial charge < -0.3 is 29.3 Å². The van der Waals surface area contributed by atoms with Gasteiger partial charge in [-0.2, -0.15) is 0 Å². The highest BCUT2D eigenvalue weighted by atomic mass is 16.6. The van der Waals surface area contributed by atoms with Gasteiger partial charge in [-0.15, -0.1) is 0 Å². The third-order valence-corrected chi connectivity index (χ3v) is 9.91. The maximum Gasteiger partial charge on any atom is 0.313 e. The molecule has 2 aromatic rings. The number of hydrogen-bond acceptors (Lipinski definition) is 7. The highest BCUT2D eigenvalue weighted by Gasteiger charge is 2.72. The van der Waals surface area contributed by atoms with Crippen LogP contribution >= 0.6 is 0 Å². The fraction of sp³-hybridized carbons (Fsp3) is 0.444. The van der Waals surface area contributed by atoms with Crippen molar-refractivity contribution in [3.63, 3.8) is 0 Å². The van der Waals surface area contributed by atoms with Crippen LogP contribution < -0.4 is 0 Å². The second kappa shape index (κ2) is 12.8. The summed E-state index contributed by atoms with van der Waals surface area (Å²) in [4.78, 5) is 61.2. The van der Waals surface area contributed by atoms with Gasteiger partial charge in [-0.05, 0) is 31.4 Å². The Hall–Kier alpha value is -4.28. The van der Waals surface area contributed by atoms with Crippen LogP contribution in [0.3, 0.4) is 0 Å². The number of benzene rings is 2. The fourth-order valence-electron chi connectivity index (χ4n) is 7.38. The highest BCUT2D eigenvalue weighted by molar-refractivity contribution is 5.99. The number of ether oxygens (including phenoxy) is 2. The first-order valence-electron chi connectivity index (χ1n) is 16.0. The molecule has 0 aliphatic carbocycles. The lowest BCUT2D eigenvalue weighted by Gasteiger charge is -2.37. The summed E-state index contributed by atoms with van der Waals surface area (Å²) < 4.78 is 13.0. The molecular formula is C36H41N3O7. The summed E-state index contributed by atoms with van der Waals surface area (Å²) in [5, 5.41) is 10.2. The van der Waals surface area contributed by atoms with Crippen molar-refractivity contribution >= 4 is 23.7 Å². The number of hydrogen-bond donors (Lipinski definition) is 1. The molecule has 4 heterocycles. The van der Waals surface area contributed by atoms with E-state index in [1.54, 1.807) is 42.0 Å². The minimum absolute atomic E-state index is 0.0891. The monoisotopic (exact) mass is 627 g/mol. The first kappa shape index (κ1) is 31.7. The van der Waals surface area contributed by atoms with Crippen molar-refractivity contribution in [2.75, 3.05) is 20.2 Å². The molecule has 1 N–H and O–H groups in total. The SMILES string of the molecule is C[C@H](CO)N1C(=O)[C@H]2[C@@H]3C(=O)O[C@@H](c4ccccc4)[C@H](C)N(C)C(=O)CC/C=C\[C@@H]3O[C@]23C=CCN(Cc2ccccc2)C(=O)[C@H]13. The number of fused-ring (bicyclic) bond motifs is 2. The zero-order valence-electron chi connectivity index (χ0n) is 26.4. The molecular weight excluding hydrogens is 586 g/mol. The van der Waals surface area contributed by atoms with Crippen LogP contribution in [0.2, 0.25) is 0 Å². The second-order valence-corrected chi connectivity index (χ2v) is 12.7. The number of amides is 3. The lowest BCUT2D eigenvalue weighted by Crippen LogP contribution is -2.57. The van der Waals surface area contributed by atoms with Crippen molar-refractivity contribution in [1.29, 1.82) is 0 Å². The molecule has 3 amide bonds. The topological polar surface area (TPSA) is 117 Å². The van der Waals surface area contributed by atoms with E-state index in [0.717, 1.165) is 5.56 Å². The van der Waals surface area contributed by atoms with Crippen molar-refractivity contribution in [3.05, 3.63) is 96.1 Å². The maximum absolute atomic E-state index is 14.5. The van der Waals surface area contributed by atoms with E-state index in [9.17, 15) is 24.3 Å². The summed E-state index contributed by atoms with van der Waals surface area (Å²) in [6.07, 6.45) is 6.10. The Bertz CT molecular complexity index is 1530. The number of carbonyl (C=O) groups is 4. The number of carbonyl (C=O) groups excluding carboxylic acids is 4. The molecule has 4 aliphatic heterocycles. The number of aliphatic hydroxyl groups is 1. The first-order valence-corrected chi connectivity index (χ1v) is 16.0. The van der Waals surface area contributed by atoms with Gasteiger partial charge in [0.15, 0.2) is 0 Å². The molecule has 242 valence electrons. The first-order chi connectivity index (χ1) is 22.2. The number of likely N-dealkylation sites (tertiary alicyclic amines) is 1. The Morgan fingerprint density at radius 1 is 0.978 bits per heavy atom. The van der Waals surface area contributed by atoms with E-state index in [1.807, 2.05) is 73.7 Å². The van der Waals surface area contributed by atoms with Crippen LogP contribution in [-0.2, 0) is 35.2 Å². The van der Waals surface area contributed by atoms with E-state index in [4.69, 9.17) is 9.47 Å². The number of likely N-dealkylation sites (N-methyl/N-ethyl adjacent to an activating group) is 1. The van der Waals surface area contributed by atoms with E-state index < -0.39 is 59.6 Å². The van der Waals surface area contributed by atoms with Crippen LogP contribution in [0.15, 0.2) is 85.0 Å². The molecule has 1 spiro atoms. The zero-order chi connectivity index (χ0) is 32.6. The lowest BCUT2D eigenvalue weighted by atomic mass is 9.77. The Labute approximate surface area is 269 Å². The standard InChI is InChI=1S/C36H41N3O7/c1-23(22-40)39-32-34(43)38(21-25-13-6-4-7-14-25)20-12-19-36(32)30(33(39)42)29-27(46-36)17-10-11-18-28(41)37(3)24(2)31(45-35(29)44)26-15-8-5-9-16-26/h4-10,12-17,19,23-24,27,29-32,40H,11,18,20-22H2,1-3H3/b17-10-/t23-,24+,27+,29-,30-,31-,32+,36-/m1/s1. The van der Waals surface area contributed by atoms with Gasteiger partial charge in [0.25, 0.3) is 0 Å². The molecule has 0 radical (unpaired) electrons. The van der Waals surface area contributed by atoms with Gasteiger partial charge in [0.1, 0.15) is 23.7 Å². The van der Waals surface area contributed by atoms with E-state index in [0.29, 0.717) is 18.5 Å². The van der Waals surface area contributed by atoms with Crippen molar-refractivity contribution < 1.29 is 33.8 Å². The average Bonchev–Trinajstić information content (AvgIpc) is 3.47. The highest BCUT2D eigenvalue weighted by Crippen LogP contribution is 2.54. The molecule has 10 nitrogen and oxygen atoms in total. The molecule has 0 saturated carbocycles. The van der Waals surface area contributed by atoms with E-state index in [2.05, 4.69) is 0 Å². The number of allylic oxidation sites excluding steroid dienone is 1. The molecule has 2 fully saturated rings. The Morgan fingerprint density at radius 3 is 2.37 bits per heavy atom. The number of rotatable bonds is 5. The van der Waals surface area contributed by atoms with E-state index >= 15 is 0 Å². The second-order valence-electron chi connectivity index (χ2n) is 12.7. The molecule has 46 heavy (non-hydrogen) atoms. The molecule has 6 rings (SSSR count). The van der Waals surface area contributed by atoms with Crippen LogP contribution in [-0.4, -0.2) is 93.5 Å². The summed E-state index contributed by atoms with van der Waals surface area (Å²) in [6, 6.07) is 16.5. The number of aliphatic hydroxyl groups excluding tert-OH is 1. The Balaban J connectivity index is 1.43. The quantitative estimate of drug-likeness (QED) is 0.400. The minimum atomic E-state index is -1.47. The third kappa shape index (κ3) is 5.43. The number of nitrogens with zero attached hydrogens (tertiary/aromatic N) is 3. The summed E-state index contributed by atoms with van der Waals surface area (Å²) in [6.45, 7) is 3.77. The average molecular weight is 628 g/mol. The molecule has 4 aliphatic rings. The number of cyclic esters (lactones) is 1. The van der Waals surface area contributed by atoms with Crippen LogP contribution in [0.5, 0.6) is 0 Å². The van der Waals surface area contributed by atoms with Crippen molar-refractivity contribution in [2.24, 2.45) is 11.8 Å². The zero-order valence-corrected chi connectivity index (χ0v) is 26.4. The van der Waals surface area contributed by atoms with Gasteiger partial charge in [-0.1, -0.05) is 85.0 Å². The van der Waals surface area contributed by atoms with Crippen molar-refractivity contribution in [1.82, 2.24) is 14.7 Å². The van der Waals surface area contributed by atoms with Crippen LogP contribution in [0.25, 0.3) is 0 Å². The predicted octanol–water partition coefficient (Wildman–Crippen LogP) is 3.03. The molecule has 0 bridgehead atoms. The van der Waals surface area contributed by atoms with Gasteiger partial charge in [0.05, 0.1) is 30.7 Å². The molecule has 2 saturated heterocycles. The van der Waals surface area contributed by atoms with E-state index in [1.165, 1.54) is 4.90 Å². The van der Waals surface area contributed by atoms with Crippen molar-refractivity contribution in [3.8, 4) is 0 Å². The Morgan fingerprint density at radius 2 is 1.67 bits per heavy atom. The van der Waals surface area contributed by atoms with Crippen molar-refractivity contribution in [2.45, 2.75) is 69.2 Å². The molecule has 10 heteroatoms. The van der Waals surface area contributed by atoms with E-state index in [-0.39, 0.29) is 31.4 Å².